The maximum absolute atomic E-state index is 12.7. The minimum Gasteiger partial charge on any atom is -0.468 e. The molecule has 6 heteroatoms. The van der Waals surface area contributed by atoms with Gasteiger partial charge in [0, 0.05) is 18.7 Å². The van der Waals surface area contributed by atoms with Crippen LogP contribution < -0.4 is 9.47 Å². The number of likely N-dealkylation sites (tertiary alicyclic amines) is 1. The lowest BCUT2D eigenvalue weighted by Crippen LogP contribution is -2.39. The van der Waals surface area contributed by atoms with Crippen molar-refractivity contribution in [1.82, 2.24) is 4.90 Å². The van der Waals surface area contributed by atoms with E-state index in [2.05, 4.69) is 0 Å². The lowest BCUT2D eigenvalue weighted by Gasteiger charge is -2.32. The predicted molar refractivity (Wildman–Crippen MR) is 96.1 cm³/mol. The first-order valence-corrected chi connectivity index (χ1v) is 9.74. The van der Waals surface area contributed by atoms with Crippen LogP contribution in [0.25, 0.3) is 0 Å². The number of furan rings is 1. The standard InChI is InChI=1S/C19H21NO4S/c21-19(15-3-4-17-18(10-15)24-13-23-17)20-7-5-14(6-8-20)11-25-12-16-2-1-9-22-16/h1-4,9-10,14H,5-8,11-13H2. The van der Waals surface area contributed by atoms with Gasteiger partial charge >= 0.3 is 0 Å². The zero-order valence-corrected chi connectivity index (χ0v) is 14.8. The van der Waals surface area contributed by atoms with Crippen LogP contribution in [0.1, 0.15) is 29.0 Å². The molecule has 25 heavy (non-hydrogen) atoms. The largest absolute Gasteiger partial charge is 0.468 e. The fourth-order valence-corrected chi connectivity index (χ4v) is 4.39. The third-order valence-electron chi connectivity index (χ3n) is 4.70. The molecule has 3 heterocycles. The molecule has 5 nitrogen and oxygen atoms in total. The summed E-state index contributed by atoms with van der Waals surface area (Å²) in [5, 5.41) is 0. The second-order valence-electron chi connectivity index (χ2n) is 6.40. The van der Waals surface area contributed by atoms with Gasteiger partial charge in [0.1, 0.15) is 5.76 Å². The molecule has 1 amide bonds. The number of hydrogen-bond acceptors (Lipinski definition) is 5. The van der Waals surface area contributed by atoms with E-state index in [4.69, 9.17) is 13.9 Å². The van der Waals surface area contributed by atoms with Crippen LogP contribution in [-0.4, -0.2) is 36.4 Å². The Kier molecular flexibility index (Phi) is 4.88. The van der Waals surface area contributed by atoms with Gasteiger partial charge in [0.15, 0.2) is 11.5 Å². The number of carbonyl (C=O) groups excluding carboxylic acids is 1. The van der Waals surface area contributed by atoms with Crippen molar-refractivity contribution in [3.63, 3.8) is 0 Å². The van der Waals surface area contributed by atoms with Gasteiger partial charge in [-0.25, -0.2) is 0 Å². The van der Waals surface area contributed by atoms with Crippen LogP contribution in [-0.2, 0) is 5.75 Å². The van der Waals surface area contributed by atoms with Crippen LogP contribution in [0, 0.1) is 5.92 Å². The van der Waals surface area contributed by atoms with Crippen molar-refractivity contribution in [3.8, 4) is 11.5 Å². The number of nitrogens with zero attached hydrogens (tertiary/aromatic N) is 1. The van der Waals surface area contributed by atoms with Gasteiger partial charge in [-0.15, -0.1) is 0 Å². The van der Waals surface area contributed by atoms with Crippen LogP contribution in [0.3, 0.4) is 0 Å². The third kappa shape index (κ3) is 3.79. The van der Waals surface area contributed by atoms with Crippen LogP contribution in [0.2, 0.25) is 0 Å². The number of hydrogen-bond donors (Lipinski definition) is 0. The van der Waals surface area contributed by atoms with Gasteiger partial charge in [-0.3, -0.25) is 4.79 Å². The highest BCUT2D eigenvalue weighted by molar-refractivity contribution is 7.98. The molecule has 1 fully saturated rings. The van der Waals surface area contributed by atoms with Crippen molar-refractivity contribution < 1.29 is 18.7 Å². The normalized spacial score (nSPS) is 17.0. The van der Waals surface area contributed by atoms with E-state index in [1.807, 2.05) is 40.9 Å². The first-order chi connectivity index (χ1) is 12.3. The average molecular weight is 359 g/mol. The summed E-state index contributed by atoms with van der Waals surface area (Å²) in [6.45, 7) is 1.87. The highest BCUT2D eigenvalue weighted by atomic mass is 32.2. The molecule has 1 aromatic heterocycles. The maximum atomic E-state index is 12.7. The summed E-state index contributed by atoms with van der Waals surface area (Å²) in [6.07, 6.45) is 3.83. The lowest BCUT2D eigenvalue weighted by atomic mass is 9.98. The summed E-state index contributed by atoms with van der Waals surface area (Å²) in [6, 6.07) is 9.36. The molecule has 0 N–H and O–H groups in total. The monoisotopic (exact) mass is 359 g/mol. The molecule has 0 aliphatic carbocycles. The summed E-state index contributed by atoms with van der Waals surface area (Å²) >= 11 is 1.91. The SMILES string of the molecule is O=C(c1ccc2c(c1)OCO2)N1CCC(CSCc2ccco2)CC1. The molecular weight excluding hydrogens is 338 g/mol. The molecule has 0 saturated carbocycles. The summed E-state index contributed by atoms with van der Waals surface area (Å²) in [4.78, 5) is 14.6. The van der Waals surface area contributed by atoms with Gasteiger partial charge < -0.3 is 18.8 Å². The number of piperidine rings is 1. The fourth-order valence-electron chi connectivity index (χ4n) is 3.24. The Morgan fingerprint density at radius 1 is 1.16 bits per heavy atom. The average Bonchev–Trinajstić information content (AvgIpc) is 3.32. The number of ether oxygens (including phenoxy) is 2. The Morgan fingerprint density at radius 3 is 2.80 bits per heavy atom. The van der Waals surface area contributed by atoms with Gasteiger partial charge in [0.05, 0.1) is 12.0 Å². The second kappa shape index (κ2) is 7.44. The topological polar surface area (TPSA) is 51.9 Å². The Balaban J connectivity index is 1.26. The summed E-state index contributed by atoms with van der Waals surface area (Å²) in [7, 11) is 0. The zero-order valence-electron chi connectivity index (χ0n) is 14.0. The van der Waals surface area contributed by atoms with Crippen molar-refractivity contribution >= 4 is 17.7 Å². The molecule has 0 spiro atoms. The quantitative estimate of drug-likeness (QED) is 0.813. The van der Waals surface area contributed by atoms with E-state index in [1.165, 1.54) is 0 Å². The Labute approximate surface area is 151 Å². The van der Waals surface area contributed by atoms with Crippen molar-refractivity contribution in [3.05, 3.63) is 47.9 Å². The molecule has 2 aliphatic rings. The van der Waals surface area contributed by atoms with Crippen LogP contribution in [0.5, 0.6) is 11.5 Å². The number of carbonyl (C=O) groups is 1. The number of amides is 1. The molecule has 2 aromatic rings. The van der Waals surface area contributed by atoms with Crippen LogP contribution in [0.4, 0.5) is 0 Å². The van der Waals surface area contributed by atoms with E-state index in [1.54, 1.807) is 12.3 Å². The van der Waals surface area contributed by atoms with Crippen molar-refractivity contribution in [2.45, 2.75) is 18.6 Å². The first-order valence-electron chi connectivity index (χ1n) is 8.58. The van der Waals surface area contributed by atoms with Gasteiger partial charge in [-0.1, -0.05) is 0 Å². The minimum atomic E-state index is 0.0833. The fraction of sp³-hybridized carbons (Fsp3) is 0.421. The van der Waals surface area contributed by atoms with E-state index in [9.17, 15) is 4.79 Å². The predicted octanol–water partition coefficient (Wildman–Crippen LogP) is 3.79. The number of fused-ring (bicyclic) bond motifs is 1. The molecule has 0 bridgehead atoms. The Morgan fingerprint density at radius 2 is 2.00 bits per heavy atom. The lowest BCUT2D eigenvalue weighted by molar-refractivity contribution is 0.0698. The molecular formula is C19H21NO4S. The molecule has 0 radical (unpaired) electrons. The van der Waals surface area contributed by atoms with Crippen molar-refractivity contribution in [2.75, 3.05) is 25.6 Å². The van der Waals surface area contributed by atoms with Gasteiger partial charge in [-0.2, -0.15) is 11.8 Å². The van der Waals surface area contributed by atoms with E-state index in [0.717, 1.165) is 43.2 Å². The smallest absolute Gasteiger partial charge is 0.253 e. The van der Waals surface area contributed by atoms with Crippen LogP contribution in [0.15, 0.2) is 41.0 Å². The highest BCUT2D eigenvalue weighted by Gasteiger charge is 2.25. The van der Waals surface area contributed by atoms with E-state index in [0.29, 0.717) is 23.0 Å². The number of thioether (sulfide) groups is 1. The minimum absolute atomic E-state index is 0.0833. The third-order valence-corrected chi connectivity index (χ3v) is 5.89. The van der Waals surface area contributed by atoms with Crippen molar-refractivity contribution in [2.24, 2.45) is 5.92 Å². The molecule has 132 valence electrons. The molecule has 1 aromatic carbocycles. The molecule has 4 rings (SSSR count). The number of benzene rings is 1. The Hall–Kier alpha value is -2.08. The summed E-state index contributed by atoms with van der Waals surface area (Å²) < 4.78 is 16.0. The van der Waals surface area contributed by atoms with Gasteiger partial charge in [0.25, 0.3) is 5.91 Å². The zero-order chi connectivity index (χ0) is 17.1. The van der Waals surface area contributed by atoms with E-state index in [-0.39, 0.29) is 12.7 Å². The summed E-state index contributed by atoms with van der Waals surface area (Å²) in [5.41, 5.74) is 0.676. The van der Waals surface area contributed by atoms with Gasteiger partial charge in [0.2, 0.25) is 6.79 Å². The van der Waals surface area contributed by atoms with Gasteiger partial charge in [-0.05, 0) is 54.8 Å². The van der Waals surface area contributed by atoms with Crippen LogP contribution >= 0.6 is 11.8 Å². The summed E-state index contributed by atoms with van der Waals surface area (Å²) in [5.74, 6) is 5.19. The molecule has 1 saturated heterocycles. The number of rotatable bonds is 5. The highest BCUT2D eigenvalue weighted by Crippen LogP contribution is 2.33. The molecule has 2 aliphatic heterocycles. The second-order valence-corrected chi connectivity index (χ2v) is 7.43. The Bertz CT molecular complexity index is 723. The first kappa shape index (κ1) is 16.4. The van der Waals surface area contributed by atoms with E-state index < -0.39 is 0 Å². The maximum Gasteiger partial charge on any atom is 0.253 e. The van der Waals surface area contributed by atoms with E-state index >= 15 is 0 Å². The molecule has 0 atom stereocenters. The molecule has 0 unspecified atom stereocenters. The van der Waals surface area contributed by atoms with Crippen molar-refractivity contribution in [1.29, 1.82) is 0 Å².